The number of rotatable bonds is 5. The predicted molar refractivity (Wildman–Crippen MR) is 149 cm³/mol. The fourth-order valence-electron chi connectivity index (χ4n) is 6.46. The highest BCUT2D eigenvalue weighted by molar-refractivity contribution is 7.91. The Labute approximate surface area is 234 Å². The molecule has 0 radical (unpaired) electrons. The normalized spacial score (nSPS) is 20.7. The number of benzene rings is 1. The van der Waals surface area contributed by atoms with Gasteiger partial charge in [0.25, 0.3) is 5.91 Å². The fraction of sp³-hybridized carbons (Fsp3) is 0.333. The lowest BCUT2D eigenvalue weighted by atomic mass is 9.87. The molecule has 3 atom stereocenters. The number of aromatic nitrogens is 7. The van der Waals surface area contributed by atoms with Crippen molar-refractivity contribution in [3.05, 3.63) is 60.1 Å². The summed E-state index contributed by atoms with van der Waals surface area (Å²) in [5.74, 6) is -0.223. The molecule has 0 unspecified atom stereocenters. The van der Waals surface area contributed by atoms with Gasteiger partial charge in [0, 0.05) is 47.0 Å². The maximum absolute atomic E-state index is 13.1. The Kier molecular flexibility index (Phi) is 5.80. The van der Waals surface area contributed by atoms with Gasteiger partial charge in [0.2, 0.25) is 5.82 Å². The van der Waals surface area contributed by atoms with E-state index in [4.69, 9.17) is 10.7 Å². The largest absolute Gasteiger partial charge is 0.392 e. The van der Waals surface area contributed by atoms with E-state index in [1.54, 1.807) is 12.4 Å². The zero-order chi connectivity index (χ0) is 28.5. The number of fused-ring (bicyclic) bond motifs is 4. The van der Waals surface area contributed by atoms with Crippen LogP contribution < -0.4 is 5.73 Å². The second kappa shape index (κ2) is 9.31. The van der Waals surface area contributed by atoms with Crippen molar-refractivity contribution >= 4 is 38.1 Å². The number of sulfone groups is 1. The minimum atomic E-state index is -3.76. The van der Waals surface area contributed by atoms with Crippen molar-refractivity contribution in [1.82, 2.24) is 39.7 Å². The zero-order valence-electron chi connectivity index (χ0n) is 22.1. The number of aliphatic hydroxyl groups excluding tert-OH is 1. The highest BCUT2D eigenvalue weighted by atomic mass is 32.2. The summed E-state index contributed by atoms with van der Waals surface area (Å²) in [6.07, 6.45) is 8.55. The van der Waals surface area contributed by atoms with E-state index in [2.05, 4.69) is 25.3 Å². The Hall–Kier alpha value is -4.43. The molecule has 2 aliphatic heterocycles. The molecular formula is C27H27N9O4S. The third kappa shape index (κ3) is 4.13. The average Bonchev–Trinajstić information content (AvgIpc) is 3.70. The van der Waals surface area contributed by atoms with E-state index in [-0.39, 0.29) is 47.1 Å². The number of pyridine rings is 1. The molecule has 41 heavy (non-hydrogen) atoms. The molecule has 210 valence electrons. The molecule has 2 fully saturated rings. The molecule has 7 rings (SSSR count). The number of hydrogen-bond donors (Lipinski definition) is 3. The lowest BCUT2D eigenvalue weighted by Gasteiger charge is -2.38. The highest BCUT2D eigenvalue weighted by Gasteiger charge is 2.46. The number of carbonyl (C=O) groups excluding carboxylic acids is 1. The summed E-state index contributed by atoms with van der Waals surface area (Å²) < 4.78 is 27.5. The molecular weight excluding hydrogens is 546 g/mol. The van der Waals surface area contributed by atoms with Crippen LogP contribution in [0.5, 0.6) is 0 Å². The maximum atomic E-state index is 13.1. The number of aliphatic hydroxyl groups is 1. The van der Waals surface area contributed by atoms with E-state index in [1.165, 1.54) is 10.8 Å². The Morgan fingerprint density at radius 2 is 1.95 bits per heavy atom. The number of nitrogens with zero attached hydrogens (tertiary/aromatic N) is 7. The van der Waals surface area contributed by atoms with Gasteiger partial charge in [-0.2, -0.15) is 9.61 Å². The molecule has 0 saturated carbocycles. The average molecular weight is 574 g/mol. The molecule has 4 N–H and O–H groups in total. The van der Waals surface area contributed by atoms with Crippen molar-refractivity contribution in [2.45, 2.75) is 55.2 Å². The second-order valence-corrected chi connectivity index (χ2v) is 12.7. The number of H-pyrrole nitrogens is 1. The Bertz CT molecular complexity index is 1920. The SMILES string of the molecule is CS(=O)(=O)c1c([C@H]2C[C@H]3CC[C@@H](C2)N3C(=O)c2nnc[nH]2)nc2c(-c3cnc4cc(CO)ccc4c3)cnn2c1N. The summed E-state index contributed by atoms with van der Waals surface area (Å²) in [7, 11) is -3.76. The van der Waals surface area contributed by atoms with E-state index in [0.29, 0.717) is 29.7 Å². The molecule has 4 aromatic heterocycles. The van der Waals surface area contributed by atoms with Crippen LogP contribution in [0.15, 0.2) is 47.9 Å². The molecule has 5 aromatic rings. The van der Waals surface area contributed by atoms with E-state index in [1.807, 2.05) is 29.2 Å². The number of aromatic amines is 1. The van der Waals surface area contributed by atoms with Gasteiger partial charge in [-0.25, -0.2) is 13.4 Å². The van der Waals surface area contributed by atoms with Gasteiger partial charge in [-0.05, 0) is 43.4 Å². The van der Waals surface area contributed by atoms with Crippen LogP contribution in [0.3, 0.4) is 0 Å². The van der Waals surface area contributed by atoms with Gasteiger partial charge in [-0.1, -0.05) is 12.1 Å². The molecule has 14 heteroatoms. The lowest BCUT2D eigenvalue weighted by Crippen LogP contribution is -2.46. The number of anilines is 1. The van der Waals surface area contributed by atoms with Crippen molar-refractivity contribution in [3.63, 3.8) is 0 Å². The third-order valence-electron chi connectivity index (χ3n) is 8.25. The van der Waals surface area contributed by atoms with Gasteiger partial charge in [0.15, 0.2) is 15.5 Å². The first-order valence-electron chi connectivity index (χ1n) is 13.3. The van der Waals surface area contributed by atoms with Crippen LogP contribution in [0.1, 0.15) is 53.5 Å². The van der Waals surface area contributed by atoms with Gasteiger partial charge in [0.1, 0.15) is 17.0 Å². The Morgan fingerprint density at radius 1 is 1.17 bits per heavy atom. The van der Waals surface area contributed by atoms with Crippen molar-refractivity contribution < 1.29 is 18.3 Å². The van der Waals surface area contributed by atoms with Crippen molar-refractivity contribution in [1.29, 1.82) is 0 Å². The monoisotopic (exact) mass is 573 g/mol. The van der Waals surface area contributed by atoms with Crippen LogP contribution in [0.2, 0.25) is 0 Å². The third-order valence-corrected chi connectivity index (χ3v) is 9.41. The highest BCUT2D eigenvalue weighted by Crippen LogP contribution is 2.45. The fourth-order valence-corrected chi connectivity index (χ4v) is 7.51. The maximum Gasteiger partial charge on any atom is 0.292 e. The second-order valence-electron chi connectivity index (χ2n) is 10.8. The van der Waals surface area contributed by atoms with Crippen LogP contribution in [0, 0.1) is 0 Å². The molecule has 2 bridgehead atoms. The smallest absolute Gasteiger partial charge is 0.292 e. The summed E-state index contributed by atoms with van der Waals surface area (Å²) in [6, 6.07) is 7.35. The van der Waals surface area contributed by atoms with Gasteiger partial charge in [0.05, 0.1) is 24.0 Å². The Balaban J connectivity index is 1.32. The van der Waals surface area contributed by atoms with Crippen molar-refractivity contribution in [3.8, 4) is 11.1 Å². The van der Waals surface area contributed by atoms with E-state index in [9.17, 15) is 18.3 Å². The Morgan fingerprint density at radius 3 is 2.63 bits per heavy atom. The van der Waals surface area contributed by atoms with Gasteiger partial charge in [-0.15, -0.1) is 10.2 Å². The topological polar surface area (TPSA) is 185 Å². The number of nitrogens with two attached hydrogens (primary N) is 1. The summed E-state index contributed by atoms with van der Waals surface area (Å²) in [5.41, 5.74) is 10.3. The molecule has 0 aliphatic carbocycles. The first kappa shape index (κ1) is 25.5. The lowest BCUT2D eigenvalue weighted by molar-refractivity contribution is 0.0556. The van der Waals surface area contributed by atoms with Gasteiger partial charge >= 0.3 is 0 Å². The van der Waals surface area contributed by atoms with Crippen LogP contribution in [0.25, 0.3) is 27.7 Å². The molecule has 0 spiro atoms. The minimum Gasteiger partial charge on any atom is -0.392 e. The molecule has 2 aliphatic rings. The van der Waals surface area contributed by atoms with Crippen LogP contribution in [-0.2, 0) is 16.4 Å². The van der Waals surface area contributed by atoms with Crippen molar-refractivity contribution in [2.24, 2.45) is 0 Å². The molecule has 6 heterocycles. The summed E-state index contributed by atoms with van der Waals surface area (Å²) >= 11 is 0. The predicted octanol–water partition coefficient (Wildman–Crippen LogP) is 2.09. The summed E-state index contributed by atoms with van der Waals surface area (Å²) in [4.78, 5) is 27.3. The van der Waals surface area contributed by atoms with Crippen molar-refractivity contribution in [2.75, 3.05) is 12.0 Å². The zero-order valence-corrected chi connectivity index (χ0v) is 22.9. The first-order chi connectivity index (χ1) is 19.7. The summed E-state index contributed by atoms with van der Waals surface area (Å²) in [5, 5.41) is 22.4. The van der Waals surface area contributed by atoms with Crippen LogP contribution in [0.4, 0.5) is 5.82 Å². The number of piperidine rings is 1. The summed E-state index contributed by atoms with van der Waals surface area (Å²) in [6.45, 7) is -0.0725. The number of nitrogens with one attached hydrogen (secondary N) is 1. The molecule has 2 saturated heterocycles. The number of nitrogen functional groups attached to an aromatic ring is 1. The van der Waals surface area contributed by atoms with Crippen LogP contribution >= 0.6 is 0 Å². The minimum absolute atomic E-state index is 0.00704. The van der Waals surface area contributed by atoms with Gasteiger partial charge in [-0.3, -0.25) is 9.78 Å². The first-order valence-corrected chi connectivity index (χ1v) is 15.2. The molecule has 1 aromatic carbocycles. The quantitative estimate of drug-likeness (QED) is 0.281. The van der Waals surface area contributed by atoms with E-state index < -0.39 is 9.84 Å². The van der Waals surface area contributed by atoms with E-state index in [0.717, 1.165) is 41.1 Å². The standard InChI is InChI=1S/C27H27N9O4S/c1-41(39,40)23-22(16-8-18-4-5-19(9-16)35(18)27(38)25-30-13-31-34-25)33-26-20(11-32-36(26)24(23)28)17-7-15-3-2-14(12-37)6-21(15)29-10-17/h2-3,6-7,10-11,13,16,18-19,37H,4-5,8-9,12,28H2,1H3,(H,30,31,34)/t16-,18+,19-. The number of hydrogen-bond acceptors (Lipinski definition) is 10. The number of carbonyl (C=O) groups is 1. The van der Waals surface area contributed by atoms with E-state index >= 15 is 0 Å². The van der Waals surface area contributed by atoms with Gasteiger partial charge < -0.3 is 20.7 Å². The molecule has 1 amide bonds. The number of amides is 1. The van der Waals surface area contributed by atoms with Crippen LogP contribution in [-0.4, -0.2) is 77.4 Å². The molecule has 13 nitrogen and oxygen atoms in total.